The highest BCUT2D eigenvalue weighted by Gasteiger charge is 2.10. The molecule has 1 amide bonds. The number of aryl methyl sites for hydroxylation is 2. The Labute approximate surface area is 169 Å². The maximum atomic E-state index is 12.2. The number of aromatic nitrogens is 2. The van der Waals surface area contributed by atoms with Crippen molar-refractivity contribution in [3.63, 3.8) is 0 Å². The van der Waals surface area contributed by atoms with Gasteiger partial charge in [-0.3, -0.25) is 4.79 Å². The Morgan fingerprint density at radius 3 is 2.62 bits per heavy atom. The molecule has 2 N–H and O–H groups in total. The lowest BCUT2D eigenvalue weighted by molar-refractivity contribution is -0.119. The number of nitrogens with zero attached hydrogens (tertiary/aromatic N) is 2. The molecule has 0 atom stereocenters. The van der Waals surface area contributed by atoms with Crippen molar-refractivity contribution in [1.29, 1.82) is 0 Å². The Bertz CT molecular complexity index is 987. The SMILES string of the molecule is COc1ccccc1CNC(=O)/C(O)=C/c1cc(CCc2ccccc2)ncn1. The van der Waals surface area contributed by atoms with Crippen LogP contribution in [0.1, 0.15) is 22.5 Å². The predicted octanol–water partition coefficient (Wildman–Crippen LogP) is 3.49. The average Bonchev–Trinajstić information content (AvgIpc) is 2.77. The van der Waals surface area contributed by atoms with Crippen LogP contribution in [-0.2, 0) is 24.2 Å². The number of carbonyl (C=O) groups excluding carboxylic acids is 1. The van der Waals surface area contributed by atoms with E-state index in [0.29, 0.717) is 11.4 Å². The van der Waals surface area contributed by atoms with Gasteiger partial charge in [0.15, 0.2) is 5.76 Å². The number of carbonyl (C=O) groups is 1. The van der Waals surface area contributed by atoms with Crippen molar-refractivity contribution in [2.24, 2.45) is 0 Å². The zero-order chi connectivity index (χ0) is 20.5. The second kappa shape index (κ2) is 10.0. The van der Waals surface area contributed by atoms with E-state index in [1.54, 1.807) is 13.2 Å². The summed E-state index contributed by atoms with van der Waals surface area (Å²) >= 11 is 0. The minimum Gasteiger partial charge on any atom is -0.503 e. The zero-order valence-electron chi connectivity index (χ0n) is 16.2. The first-order chi connectivity index (χ1) is 14.2. The molecule has 0 aliphatic heterocycles. The van der Waals surface area contributed by atoms with Gasteiger partial charge in [-0.25, -0.2) is 9.97 Å². The fraction of sp³-hybridized carbons (Fsp3) is 0.174. The Kier molecular flexibility index (Phi) is 6.95. The van der Waals surface area contributed by atoms with Crippen molar-refractivity contribution in [2.75, 3.05) is 7.11 Å². The third-order valence-corrected chi connectivity index (χ3v) is 4.41. The summed E-state index contributed by atoms with van der Waals surface area (Å²) in [6, 6.07) is 19.3. The minimum atomic E-state index is -0.583. The maximum Gasteiger partial charge on any atom is 0.286 e. The maximum absolute atomic E-state index is 12.2. The van der Waals surface area contributed by atoms with Gasteiger partial charge in [-0.15, -0.1) is 0 Å². The number of aliphatic hydroxyl groups excluding tert-OH is 1. The molecule has 0 aliphatic rings. The van der Waals surface area contributed by atoms with Crippen LogP contribution in [0.5, 0.6) is 5.75 Å². The Morgan fingerprint density at radius 2 is 1.83 bits per heavy atom. The molecule has 0 fully saturated rings. The van der Waals surface area contributed by atoms with Gasteiger partial charge in [0.05, 0.1) is 12.8 Å². The van der Waals surface area contributed by atoms with Crippen LogP contribution in [0.15, 0.2) is 72.8 Å². The van der Waals surface area contributed by atoms with E-state index >= 15 is 0 Å². The molecule has 3 rings (SSSR count). The van der Waals surface area contributed by atoms with E-state index < -0.39 is 11.7 Å². The molecule has 0 saturated heterocycles. The molecular formula is C23H23N3O3. The largest absolute Gasteiger partial charge is 0.503 e. The summed E-state index contributed by atoms with van der Waals surface area (Å²) in [7, 11) is 1.57. The number of benzene rings is 2. The van der Waals surface area contributed by atoms with Gasteiger partial charge in [0, 0.05) is 23.9 Å². The van der Waals surface area contributed by atoms with Crippen molar-refractivity contribution < 1.29 is 14.6 Å². The van der Waals surface area contributed by atoms with Gasteiger partial charge in [-0.05, 0) is 30.5 Å². The molecule has 1 aromatic heterocycles. The smallest absolute Gasteiger partial charge is 0.286 e. The second-order valence-electron chi connectivity index (χ2n) is 6.44. The van der Waals surface area contributed by atoms with E-state index in [1.165, 1.54) is 18.0 Å². The van der Waals surface area contributed by atoms with E-state index in [2.05, 4.69) is 27.4 Å². The van der Waals surface area contributed by atoms with Crippen LogP contribution in [0.25, 0.3) is 6.08 Å². The highest BCUT2D eigenvalue weighted by molar-refractivity contribution is 5.95. The number of hydrogen-bond donors (Lipinski definition) is 2. The number of para-hydroxylation sites is 1. The Morgan fingerprint density at radius 1 is 1.07 bits per heavy atom. The third kappa shape index (κ3) is 5.90. The van der Waals surface area contributed by atoms with Crippen LogP contribution >= 0.6 is 0 Å². The summed E-state index contributed by atoms with van der Waals surface area (Å²) < 4.78 is 5.26. The normalized spacial score (nSPS) is 11.1. The van der Waals surface area contributed by atoms with Crippen molar-refractivity contribution >= 4 is 12.0 Å². The van der Waals surface area contributed by atoms with Crippen molar-refractivity contribution in [3.8, 4) is 5.75 Å². The third-order valence-electron chi connectivity index (χ3n) is 4.41. The first-order valence-electron chi connectivity index (χ1n) is 9.31. The fourth-order valence-corrected chi connectivity index (χ4v) is 2.87. The highest BCUT2D eigenvalue weighted by atomic mass is 16.5. The fourth-order valence-electron chi connectivity index (χ4n) is 2.87. The number of ether oxygens (including phenoxy) is 1. The first kappa shape index (κ1) is 20.1. The molecule has 3 aromatic rings. The number of aliphatic hydroxyl groups is 1. The summed E-state index contributed by atoms with van der Waals surface area (Å²) in [6.45, 7) is 0.243. The van der Waals surface area contributed by atoms with Gasteiger partial charge in [-0.2, -0.15) is 0 Å². The molecule has 0 radical (unpaired) electrons. The standard InChI is InChI=1S/C23H23N3O3/c1-29-22-10-6-5-9-18(22)15-24-23(28)21(27)14-20-13-19(25-16-26-20)12-11-17-7-3-2-4-8-17/h2-10,13-14,16,27H,11-12,15H2,1H3,(H,24,28)/b21-14-. The van der Waals surface area contributed by atoms with Crippen molar-refractivity contribution in [2.45, 2.75) is 19.4 Å². The van der Waals surface area contributed by atoms with E-state index in [9.17, 15) is 9.90 Å². The van der Waals surface area contributed by atoms with Crippen molar-refractivity contribution in [3.05, 3.63) is 95.3 Å². The summed E-state index contributed by atoms with van der Waals surface area (Å²) in [4.78, 5) is 20.6. The topological polar surface area (TPSA) is 84.3 Å². The lowest BCUT2D eigenvalue weighted by atomic mass is 10.1. The van der Waals surface area contributed by atoms with Crippen LogP contribution in [0, 0.1) is 0 Å². The molecule has 0 bridgehead atoms. The quantitative estimate of drug-likeness (QED) is 0.455. The van der Waals surface area contributed by atoms with Crippen molar-refractivity contribution in [1.82, 2.24) is 15.3 Å². The molecule has 0 aliphatic carbocycles. The van der Waals surface area contributed by atoms with E-state index in [0.717, 1.165) is 24.1 Å². The van der Waals surface area contributed by atoms with Gasteiger partial charge in [0.2, 0.25) is 0 Å². The van der Waals surface area contributed by atoms with Gasteiger partial charge in [0.25, 0.3) is 5.91 Å². The average molecular weight is 389 g/mol. The lowest BCUT2D eigenvalue weighted by Crippen LogP contribution is -2.24. The molecule has 1 heterocycles. The summed E-state index contributed by atoms with van der Waals surface area (Å²) in [6.07, 6.45) is 4.37. The molecule has 6 nitrogen and oxygen atoms in total. The van der Waals surface area contributed by atoms with Crippen LogP contribution in [0.4, 0.5) is 0 Å². The second-order valence-corrected chi connectivity index (χ2v) is 6.44. The molecular weight excluding hydrogens is 366 g/mol. The van der Waals surface area contributed by atoms with Gasteiger partial charge in [-0.1, -0.05) is 48.5 Å². The molecule has 2 aromatic carbocycles. The minimum absolute atomic E-state index is 0.243. The van der Waals surface area contributed by atoms with Crippen LogP contribution < -0.4 is 10.1 Å². The van der Waals surface area contributed by atoms with E-state index in [4.69, 9.17) is 4.74 Å². The summed E-state index contributed by atoms with van der Waals surface area (Å²) in [5.41, 5.74) is 3.37. The van der Waals surface area contributed by atoms with Gasteiger partial charge < -0.3 is 15.2 Å². The molecule has 6 heteroatoms. The van der Waals surface area contributed by atoms with Crippen LogP contribution in [-0.4, -0.2) is 28.1 Å². The lowest BCUT2D eigenvalue weighted by Gasteiger charge is -2.09. The molecule has 148 valence electrons. The molecule has 0 spiro atoms. The molecule has 29 heavy (non-hydrogen) atoms. The number of amides is 1. The summed E-state index contributed by atoms with van der Waals surface area (Å²) in [5, 5.41) is 12.8. The monoisotopic (exact) mass is 389 g/mol. The van der Waals surface area contributed by atoms with Crippen LogP contribution in [0.3, 0.4) is 0 Å². The van der Waals surface area contributed by atoms with E-state index in [1.807, 2.05) is 42.5 Å². The zero-order valence-corrected chi connectivity index (χ0v) is 16.2. The van der Waals surface area contributed by atoms with Gasteiger partial charge in [0.1, 0.15) is 12.1 Å². The number of hydrogen-bond acceptors (Lipinski definition) is 5. The number of rotatable bonds is 8. The molecule has 0 unspecified atom stereocenters. The number of methoxy groups -OCH3 is 1. The predicted molar refractivity (Wildman–Crippen MR) is 111 cm³/mol. The Hall–Kier alpha value is -3.67. The molecule has 0 saturated carbocycles. The van der Waals surface area contributed by atoms with Crippen LogP contribution in [0.2, 0.25) is 0 Å². The van der Waals surface area contributed by atoms with E-state index in [-0.39, 0.29) is 6.54 Å². The Balaban J connectivity index is 1.60. The van der Waals surface area contributed by atoms with Gasteiger partial charge >= 0.3 is 0 Å². The summed E-state index contributed by atoms with van der Waals surface area (Å²) in [5.74, 6) is -0.317. The highest BCUT2D eigenvalue weighted by Crippen LogP contribution is 2.17. The number of nitrogens with one attached hydrogen (secondary N) is 1. The first-order valence-corrected chi connectivity index (χ1v) is 9.31.